The van der Waals surface area contributed by atoms with Gasteiger partial charge < -0.3 is 18.1 Å². The Morgan fingerprint density at radius 2 is 1.65 bits per heavy atom. The summed E-state index contributed by atoms with van der Waals surface area (Å²) in [5.74, 6) is 0.519. The molecule has 0 aliphatic carbocycles. The zero-order valence-electron chi connectivity index (χ0n) is 15.7. The summed E-state index contributed by atoms with van der Waals surface area (Å²) in [6.07, 6.45) is 0. The Bertz CT molecular complexity index is 1470. The molecule has 1 aliphatic rings. The van der Waals surface area contributed by atoms with Gasteiger partial charge in [0.15, 0.2) is 11.5 Å². The Morgan fingerprint density at radius 3 is 2.45 bits per heavy atom. The lowest BCUT2D eigenvalue weighted by atomic mass is 10.1. The zero-order valence-corrected chi connectivity index (χ0v) is 16.5. The molecule has 0 unspecified atom stereocenters. The van der Waals surface area contributed by atoms with Crippen LogP contribution < -0.4 is 19.3 Å². The summed E-state index contributed by atoms with van der Waals surface area (Å²) in [5.41, 5.74) is 0.462. The van der Waals surface area contributed by atoms with Crippen molar-refractivity contribution in [1.82, 2.24) is 0 Å². The van der Waals surface area contributed by atoms with E-state index < -0.39 is 21.6 Å². The average molecular weight is 440 g/mol. The van der Waals surface area contributed by atoms with Gasteiger partial charge in [-0.1, -0.05) is 6.07 Å². The van der Waals surface area contributed by atoms with E-state index in [0.717, 1.165) is 24.3 Å². The van der Waals surface area contributed by atoms with Crippen LogP contribution in [0.2, 0.25) is 0 Å². The summed E-state index contributed by atoms with van der Waals surface area (Å²) in [6, 6.07) is 15.3. The summed E-state index contributed by atoms with van der Waals surface area (Å²) in [5, 5.41) is 0.568. The first-order valence-corrected chi connectivity index (χ1v) is 10.5. The standard InChI is InChI=1S/C22H13FO7S/c23-15-3-6-17(7-4-15)31(25,26)30-16-5-1-14-9-18(22(24)29-20(14)11-16)13-2-8-19-21(10-13)28-12-27-19/h1-11H,12H2. The maximum atomic E-state index is 13.0. The molecule has 0 N–H and O–H groups in total. The summed E-state index contributed by atoms with van der Waals surface area (Å²) >= 11 is 0. The molecule has 31 heavy (non-hydrogen) atoms. The summed E-state index contributed by atoms with van der Waals surface area (Å²) in [7, 11) is -4.18. The van der Waals surface area contributed by atoms with E-state index in [2.05, 4.69) is 0 Å². The number of halogens is 1. The maximum absolute atomic E-state index is 13.0. The first kappa shape index (κ1) is 19.1. The van der Waals surface area contributed by atoms with E-state index in [1.165, 1.54) is 12.1 Å². The predicted molar refractivity (Wildman–Crippen MR) is 108 cm³/mol. The van der Waals surface area contributed by atoms with Crippen molar-refractivity contribution in [2.24, 2.45) is 0 Å². The topological polar surface area (TPSA) is 92.0 Å². The predicted octanol–water partition coefficient (Wildman–Crippen LogP) is 4.10. The number of ether oxygens (including phenoxy) is 2. The molecular formula is C22H13FO7S. The van der Waals surface area contributed by atoms with E-state index in [4.69, 9.17) is 18.1 Å². The van der Waals surface area contributed by atoms with E-state index in [0.29, 0.717) is 28.0 Å². The molecule has 0 spiro atoms. The largest absolute Gasteiger partial charge is 0.454 e. The molecule has 156 valence electrons. The highest BCUT2D eigenvalue weighted by atomic mass is 32.2. The van der Waals surface area contributed by atoms with Crippen molar-refractivity contribution in [1.29, 1.82) is 0 Å². The molecule has 1 aliphatic heterocycles. The Hall–Kier alpha value is -3.85. The molecule has 0 bridgehead atoms. The van der Waals surface area contributed by atoms with Crippen LogP contribution in [-0.4, -0.2) is 15.2 Å². The van der Waals surface area contributed by atoms with E-state index in [-0.39, 0.29) is 23.0 Å². The monoisotopic (exact) mass is 440 g/mol. The highest BCUT2D eigenvalue weighted by Gasteiger charge is 2.19. The van der Waals surface area contributed by atoms with E-state index in [1.807, 2.05) is 0 Å². The van der Waals surface area contributed by atoms with Gasteiger partial charge in [0, 0.05) is 11.5 Å². The second-order valence-corrected chi connectivity index (χ2v) is 8.25. The maximum Gasteiger partial charge on any atom is 0.344 e. The lowest BCUT2D eigenvalue weighted by Gasteiger charge is -2.08. The van der Waals surface area contributed by atoms with Gasteiger partial charge in [0.05, 0.1) is 5.56 Å². The van der Waals surface area contributed by atoms with Gasteiger partial charge in [0.25, 0.3) is 0 Å². The average Bonchev–Trinajstić information content (AvgIpc) is 3.21. The third kappa shape index (κ3) is 3.59. The molecule has 0 atom stereocenters. The highest BCUT2D eigenvalue weighted by Crippen LogP contribution is 2.36. The van der Waals surface area contributed by atoms with Crippen LogP contribution in [0.25, 0.3) is 22.1 Å². The summed E-state index contributed by atoms with van der Waals surface area (Å²) in [6.45, 7) is 0.120. The number of hydrogen-bond acceptors (Lipinski definition) is 7. The minimum atomic E-state index is -4.18. The van der Waals surface area contributed by atoms with Crippen LogP contribution in [0.1, 0.15) is 0 Å². The van der Waals surface area contributed by atoms with Gasteiger partial charge >= 0.3 is 15.7 Å². The van der Waals surface area contributed by atoms with Crippen LogP contribution in [0.5, 0.6) is 17.2 Å². The van der Waals surface area contributed by atoms with Gasteiger partial charge in [-0.2, -0.15) is 8.42 Å². The van der Waals surface area contributed by atoms with E-state index in [1.54, 1.807) is 30.3 Å². The minimum absolute atomic E-state index is 0.0456. The van der Waals surface area contributed by atoms with Crippen molar-refractivity contribution in [2.45, 2.75) is 4.90 Å². The van der Waals surface area contributed by atoms with Crippen molar-refractivity contribution in [3.8, 4) is 28.4 Å². The third-order valence-corrected chi connectivity index (χ3v) is 5.96. The molecule has 0 fully saturated rings. The van der Waals surface area contributed by atoms with Crippen molar-refractivity contribution >= 4 is 21.1 Å². The van der Waals surface area contributed by atoms with Crippen molar-refractivity contribution < 1.29 is 30.9 Å². The van der Waals surface area contributed by atoms with Crippen LogP contribution in [0.3, 0.4) is 0 Å². The number of benzene rings is 3. The molecule has 7 nitrogen and oxygen atoms in total. The van der Waals surface area contributed by atoms with Crippen LogP contribution in [0, 0.1) is 5.82 Å². The summed E-state index contributed by atoms with van der Waals surface area (Å²) < 4.78 is 58.9. The van der Waals surface area contributed by atoms with Gasteiger partial charge in [-0.15, -0.1) is 0 Å². The molecule has 9 heteroatoms. The van der Waals surface area contributed by atoms with Crippen LogP contribution in [0.15, 0.2) is 80.8 Å². The first-order valence-electron chi connectivity index (χ1n) is 9.07. The fraction of sp³-hybridized carbons (Fsp3) is 0.0455. The van der Waals surface area contributed by atoms with Crippen molar-refractivity contribution in [3.63, 3.8) is 0 Å². The lowest BCUT2D eigenvalue weighted by Crippen LogP contribution is -2.10. The lowest BCUT2D eigenvalue weighted by molar-refractivity contribution is 0.174. The second kappa shape index (κ2) is 7.13. The summed E-state index contributed by atoms with van der Waals surface area (Å²) in [4.78, 5) is 12.4. The third-order valence-electron chi connectivity index (χ3n) is 4.70. The van der Waals surface area contributed by atoms with Crippen LogP contribution >= 0.6 is 0 Å². The van der Waals surface area contributed by atoms with Crippen LogP contribution in [0.4, 0.5) is 4.39 Å². The first-order chi connectivity index (χ1) is 14.9. The minimum Gasteiger partial charge on any atom is -0.454 e. The quantitative estimate of drug-likeness (QED) is 0.349. The highest BCUT2D eigenvalue weighted by molar-refractivity contribution is 7.87. The van der Waals surface area contributed by atoms with Crippen molar-refractivity contribution in [2.75, 3.05) is 6.79 Å². The van der Waals surface area contributed by atoms with Crippen LogP contribution in [-0.2, 0) is 10.1 Å². The fourth-order valence-corrected chi connectivity index (χ4v) is 4.11. The molecule has 0 amide bonds. The number of rotatable bonds is 4. The Balaban J connectivity index is 1.49. The normalized spacial score (nSPS) is 12.8. The smallest absolute Gasteiger partial charge is 0.344 e. The molecule has 0 radical (unpaired) electrons. The Morgan fingerprint density at radius 1 is 0.871 bits per heavy atom. The number of fused-ring (bicyclic) bond motifs is 2. The molecule has 2 heterocycles. The van der Waals surface area contributed by atoms with Gasteiger partial charge in [-0.05, 0) is 60.2 Å². The van der Waals surface area contributed by atoms with Gasteiger partial charge in [0.2, 0.25) is 6.79 Å². The van der Waals surface area contributed by atoms with Crippen molar-refractivity contribution in [3.05, 3.63) is 83.0 Å². The van der Waals surface area contributed by atoms with Gasteiger partial charge in [-0.25, -0.2) is 9.18 Å². The Kier molecular flexibility index (Phi) is 4.40. The molecule has 4 aromatic rings. The molecule has 0 saturated heterocycles. The second-order valence-electron chi connectivity index (χ2n) is 6.71. The van der Waals surface area contributed by atoms with E-state index in [9.17, 15) is 17.6 Å². The van der Waals surface area contributed by atoms with Gasteiger partial charge in [0.1, 0.15) is 22.0 Å². The van der Waals surface area contributed by atoms with E-state index >= 15 is 0 Å². The molecular weight excluding hydrogens is 427 g/mol. The molecule has 5 rings (SSSR count). The number of hydrogen-bond donors (Lipinski definition) is 0. The molecule has 1 aromatic heterocycles. The molecule has 3 aromatic carbocycles. The fourth-order valence-electron chi connectivity index (χ4n) is 3.18. The Labute approximate surface area is 175 Å². The van der Waals surface area contributed by atoms with Gasteiger partial charge in [-0.3, -0.25) is 0 Å². The zero-order chi connectivity index (χ0) is 21.6. The molecule has 0 saturated carbocycles. The SMILES string of the molecule is O=c1oc2cc(OS(=O)(=O)c3ccc(F)cc3)ccc2cc1-c1ccc2c(c1)OCO2.